The van der Waals surface area contributed by atoms with Crippen LogP contribution in [0.5, 0.6) is 0 Å². The fourth-order valence-electron chi connectivity index (χ4n) is 4.19. The molecule has 0 saturated carbocycles. The van der Waals surface area contributed by atoms with Gasteiger partial charge in [-0.15, -0.1) is 5.10 Å². The number of benzene rings is 1. The molecule has 0 aliphatic carbocycles. The number of carbonyl (C=O) groups excluding carboxylic acids is 1. The molecular weight excluding hydrogens is 414 g/mol. The number of anilines is 1. The third-order valence-corrected chi connectivity index (χ3v) is 6.13. The number of nitrogens with one attached hydrogen (secondary N) is 1. The maximum Gasteiger partial charge on any atom is 0.256 e. The lowest BCUT2D eigenvalue weighted by atomic mass is 9.99. The molecule has 8 nitrogen and oxygen atoms in total. The van der Waals surface area contributed by atoms with Gasteiger partial charge in [-0.2, -0.15) is 0 Å². The van der Waals surface area contributed by atoms with Gasteiger partial charge in [0.15, 0.2) is 11.5 Å². The number of fused-ring (bicyclic) bond motifs is 1. The summed E-state index contributed by atoms with van der Waals surface area (Å²) >= 11 is 0. The molecule has 31 heavy (non-hydrogen) atoms. The molecule has 1 saturated heterocycles. The van der Waals surface area contributed by atoms with Crippen LogP contribution < -0.4 is 4.72 Å². The van der Waals surface area contributed by atoms with Crippen LogP contribution in [0.3, 0.4) is 0 Å². The zero-order valence-corrected chi connectivity index (χ0v) is 19.0. The van der Waals surface area contributed by atoms with E-state index >= 15 is 0 Å². The highest BCUT2D eigenvalue weighted by atomic mass is 32.2. The molecule has 1 aromatic carbocycles. The highest BCUT2D eigenvalue weighted by Crippen LogP contribution is 2.32. The summed E-state index contributed by atoms with van der Waals surface area (Å²) in [5, 5.41) is 4.70. The molecule has 1 aliphatic heterocycles. The second-order valence-electron chi connectivity index (χ2n) is 8.35. The van der Waals surface area contributed by atoms with Gasteiger partial charge in [0.25, 0.3) is 5.91 Å². The van der Waals surface area contributed by atoms with E-state index in [1.165, 1.54) is 0 Å². The average Bonchev–Trinajstić information content (AvgIpc) is 3.12. The quantitative estimate of drug-likeness (QED) is 0.669. The number of aromatic nitrogens is 3. The molecule has 1 N–H and O–H groups in total. The van der Waals surface area contributed by atoms with Crippen molar-refractivity contribution >= 4 is 27.3 Å². The Morgan fingerprint density at radius 1 is 1.10 bits per heavy atom. The van der Waals surface area contributed by atoms with Gasteiger partial charge in [-0.05, 0) is 69.9 Å². The summed E-state index contributed by atoms with van der Waals surface area (Å²) in [4.78, 5) is 20.1. The van der Waals surface area contributed by atoms with Crippen LogP contribution in [0, 0.1) is 20.8 Å². The molecular formula is C22H27N5O3S. The van der Waals surface area contributed by atoms with Gasteiger partial charge in [0, 0.05) is 12.2 Å². The van der Waals surface area contributed by atoms with Gasteiger partial charge in [0.05, 0.1) is 23.5 Å². The summed E-state index contributed by atoms with van der Waals surface area (Å²) in [6.07, 6.45) is 3.70. The summed E-state index contributed by atoms with van der Waals surface area (Å²) in [5.74, 6) is 0.401. The molecule has 0 unspecified atom stereocenters. The Labute approximate surface area is 182 Å². The third-order valence-electron chi connectivity index (χ3n) is 5.54. The van der Waals surface area contributed by atoms with Crippen molar-refractivity contribution in [2.45, 2.75) is 46.1 Å². The summed E-state index contributed by atoms with van der Waals surface area (Å²) < 4.78 is 27.9. The molecule has 0 spiro atoms. The van der Waals surface area contributed by atoms with Crippen LogP contribution >= 0.6 is 0 Å². The molecule has 3 aromatic rings. The van der Waals surface area contributed by atoms with Crippen molar-refractivity contribution in [3.63, 3.8) is 0 Å². The summed E-state index contributed by atoms with van der Waals surface area (Å²) in [6, 6.07) is 8.92. The van der Waals surface area contributed by atoms with Gasteiger partial charge >= 0.3 is 0 Å². The Balaban J connectivity index is 1.74. The SMILES string of the molecule is Cc1ccc(NS(C)(=O)=O)c(C(=O)N2CCCC[C@@H]2c2nc3cc(C)cc(C)n3n2)c1. The van der Waals surface area contributed by atoms with Crippen molar-refractivity contribution in [2.75, 3.05) is 17.5 Å². The number of aryl methyl sites for hydroxylation is 3. The lowest BCUT2D eigenvalue weighted by molar-refractivity contribution is 0.0601. The summed E-state index contributed by atoms with van der Waals surface area (Å²) in [5.41, 5.74) is 4.37. The van der Waals surface area contributed by atoms with Crippen LogP contribution in [-0.4, -0.2) is 46.6 Å². The molecule has 2 aromatic heterocycles. The fourth-order valence-corrected chi connectivity index (χ4v) is 4.77. The van der Waals surface area contributed by atoms with Crippen molar-refractivity contribution in [2.24, 2.45) is 0 Å². The van der Waals surface area contributed by atoms with Gasteiger partial charge in [0.2, 0.25) is 10.0 Å². The minimum atomic E-state index is -3.52. The van der Waals surface area contributed by atoms with Gasteiger partial charge in [-0.3, -0.25) is 9.52 Å². The average molecular weight is 442 g/mol. The number of hydrogen-bond donors (Lipinski definition) is 1. The number of piperidine rings is 1. The molecule has 0 bridgehead atoms. The van der Waals surface area contributed by atoms with Crippen molar-refractivity contribution in [3.8, 4) is 0 Å². The van der Waals surface area contributed by atoms with Crippen LogP contribution in [-0.2, 0) is 10.0 Å². The summed E-state index contributed by atoms with van der Waals surface area (Å²) in [7, 11) is -3.52. The van der Waals surface area contributed by atoms with Crippen LogP contribution in [0.4, 0.5) is 5.69 Å². The second kappa shape index (κ2) is 7.96. The van der Waals surface area contributed by atoms with E-state index in [1.54, 1.807) is 23.1 Å². The lowest BCUT2D eigenvalue weighted by Gasteiger charge is -2.34. The van der Waals surface area contributed by atoms with E-state index < -0.39 is 10.0 Å². The zero-order chi connectivity index (χ0) is 22.3. The van der Waals surface area contributed by atoms with Crippen molar-refractivity contribution in [3.05, 3.63) is 58.5 Å². The first-order chi connectivity index (χ1) is 14.6. The standard InChI is InChI=1S/C22H27N5O3S/c1-14-8-9-18(25-31(4,29)30)17(12-14)22(28)26-10-6-5-7-19(26)21-23-20-13-15(2)11-16(3)27(20)24-21/h8-9,11-13,19,25H,5-7,10H2,1-4H3/t19-/m1/s1. The molecule has 1 atom stereocenters. The largest absolute Gasteiger partial charge is 0.328 e. The molecule has 4 rings (SSSR count). The molecule has 0 radical (unpaired) electrons. The minimum absolute atomic E-state index is 0.216. The van der Waals surface area contributed by atoms with Crippen LogP contribution in [0.1, 0.15) is 58.3 Å². The molecule has 9 heteroatoms. The van der Waals surface area contributed by atoms with E-state index in [0.29, 0.717) is 17.9 Å². The van der Waals surface area contributed by atoms with E-state index in [4.69, 9.17) is 10.1 Å². The van der Waals surface area contributed by atoms with Gasteiger partial charge < -0.3 is 4.90 Å². The number of nitrogens with zero attached hydrogens (tertiary/aromatic N) is 4. The molecule has 3 heterocycles. The Kier molecular flexibility index (Phi) is 5.47. The fraction of sp³-hybridized carbons (Fsp3) is 0.409. The number of pyridine rings is 1. The van der Waals surface area contributed by atoms with Gasteiger partial charge in [-0.25, -0.2) is 17.9 Å². The van der Waals surface area contributed by atoms with Crippen molar-refractivity contribution < 1.29 is 13.2 Å². The predicted octanol–water partition coefficient (Wildman–Crippen LogP) is 3.39. The molecule has 1 fully saturated rings. The second-order valence-corrected chi connectivity index (χ2v) is 10.1. The van der Waals surface area contributed by atoms with Crippen LogP contribution in [0.2, 0.25) is 0 Å². The molecule has 164 valence electrons. The maximum absolute atomic E-state index is 13.6. The van der Waals surface area contributed by atoms with E-state index in [0.717, 1.165) is 48.0 Å². The van der Waals surface area contributed by atoms with E-state index in [-0.39, 0.29) is 17.6 Å². The highest BCUT2D eigenvalue weighted by molar-refractivity contribution is 7.92. The first kappa shape index (κ1) is 21.3. The molecule has 1 amide bonds. The number of likely N-dealkylation sites (tertiary alicyclic amines) is 1. The third kappa shape index (κ3) is 4.41. The highest BCUT2D eigenvalue weighted by Gasteiger charge is 2.33. The van der Waals surface area contributed by atoms with E-state index in [1.807, 2.05) is 37.4 Å². The predicted molar refractivity (Wildman–Crippen MR) is 120 cm³/mol. The van der Waals surface area contributed by atoms with Crippen LogP contribution in [0.25, 0.3) is 5.65 Å². The summed E-state index contributed by atoms with van der Waals surface area (Å²) in [6.45, 7) is 6.46. The molecule has 1 aliphatic rings. The zero-order valence-electron chi connectivity index (χ0n) is 18.2. The Bertz CT molecular complexity index is 1270. The Morgan fingerprint density at radius 3 is 2.61 bits per heavy atom. The van der Waals surface area contributed by atoms with Gasteiger partial charge in [0.1, 0.15) is 0 Å². The minimum Gasteiger partial charge on any atom is -0.328 e. The number of carbonyl (C=O) groups is 1. The van der Waals surface area contributed by atoms with Gasteiger partial charge in [-0.1, -0.05) is 11.6 Å². The first-order valence-electron chi connectivity index (χ1n) is 10.4. The number of hydrogen-bond acceptors (Lipinski definition) is 5. The van der Waals surface area contributed by atoms with Crippen molar-refractivity contribution in [1.29, 1.82) is 0 Å². The maximum atomic E-state index is 13.6. The van der Waals surface area contributed by atoms with E-state index in [2.05, 4.69) is 4.72 Å². The number of amides is 1. The number of sulfonamides is 1. The normalized spacial score (nSPS) is 17.2. The Hall–Kier alpha value is -2.94. The van der Waals surface area contributed by atoms with E-state index in [9.17, 15) is 13.2 Å². The lowest BCUT2D eigenvalue weighted by Crippen LogP contribution is -2.39. The topological polar surface area (TPSA) is 96.7 Å². The first-order valence-corrected chi connectivity index (χ1v) is 12.2. The Morgan fingerprint density at radius 2 is 1.87 bits per heavy atom. The smallest absolute Gasteiger partial charge is 0.256 e. The van der Waals surface area contributed by atoms with Crippen LogP contribution in [0.15, 0.2) is 30.3 Å². The van der Waals surface area contributed by atoms with Crippen molar-refractivity contribution in [1.82, 2.24) is 19.5 Å². The number of rotatable bonds is 4. The monoisotopic (exact) mass is 441 g/mol.